The standard InChI is InChI=1S/C18H17N5/c1-11-8-9-14(10-12(11)2)19-17-18-22-21-13(3)23(18)16-7-5-4-6-15(16)20-17/h4-10H,1-3H3,(H,19,20). The van der Waals surface area contributed by atoms with E-state index in [1.54, 1.807) is 0 Å². The second-order valence-electron chi connectivity index (χ2n) is 5.78. The van der Waals surface area contributed by atoms with E-state index in [1.165, 1.54) is 11.1 Å². The van der Waals surface area contributed by atoms with E-state index in [4.69, 9.17) is 4.98 Å². The summed E-state index contributed by atoms with van der Waals surface area (Å²) in [5.74, 6) is 1.56. The SMILES string of the molecule is Cc1ccc(Nc2nc3ccccc3n3c(C)nnc23)cc1C. The first-order chi connectivity index (χ1) is 11.1. The van der Waals surface area contributed by atoms with E-state index in [0.29, 0.717) is 5.82 Å². The Labute approximate surface area is 134 Å². The maximum Gasteiger partial charge on any atom is 0.204 e. The molecule has 23 heavy (non-hydrogen) atoms. The fraction of sp³-hybridized carbons (Fsp3) is 0.167. The van der Waals surface area contributed by atoms with Gasteiger partial charge in [-0.3, -0.25) is 4.40 Å². The zero-order valence-corrected chi connectivity index (χ0v) is 13.3. The molecule has 4 aromatic rings. The van der Waals surface area contributed by atoms with Crippen LogP contribution >= 0.6 is 0 Å². The van der Waals surface area contributed by atoms with Crippen molar-refractivity contribution in [2.24, 2.45) is 0 Å². The van der Waals surface area contributed by atoms with E-state index in [2.05, 4.69) is 47.6 Å². The second kappa shape index (κ2) is 5.05. The van der Waals surface area contributed by atoms with Crippen molar-refractivity contribution < 1.29 is 0 Å². The van der Waals surface area contributed by atoms with Gasteiger partial charge in [0.15, 0.2) is 5.82 Å². The summed E-state index contributed by atoms with van der Waals surface area (Å²) < 4.78 is 2.03. The van der Waals surface area contributed by atoms with Gasteiger partial charge in [-0.2, -0.15) is 0 Å². The second-order valence-corrected chi connectivity index (χ2v) is 5.78. The van der Waals surface area contributed by atoms with Crippen LogP contribution < -0.4 is 5.32 Å². The van der Waals surface area contributed by atoms with Gasteiger partial charge < -0.3 is 5.32 Å². The van der Waals surface area contributed by atoms with Crippen molar-refractivity contribution in [3.63, 3.8) is 0 Å². The number of hydrogen-bond acceptors (Lipinski definition) is 4. The van der Waals surface area contributed by atoms with Gasteiger partial charge in [0.2, 0.25) is 5.65 Å². The van der Waals surface area contributed by atoms with Gasteiger partial charge in [0.25, 0.3) is 0 Å². The first-order valence-electron chi connectivity index (χ1n) is 7.58. The molecule has 0 saturated carbocycles. The van der Waals surface area contributed by atoms with Crippen LogP contribution in [0.4, 0.5) is 11.5 Å². The summed E-state index contributed by atoms with van der Waals surface area (Å²) in [6, 6.07) is 14.3. The minimum atomic E-state index is 0.715. The van der Waals surface area contributed by atoms with E-state index in [9.17, 15) is 0 Å². The van der Waals surface area contributed by atoms with Crippen LogP contribution in [0.5, 0.6) is 0 Å². The van der Waals surface area contributed by atoms with Gasteiger partial charge in [-0.15, -0.1) is 10.2 Å². The average molecular weight is 303 g/mol. The Morgan fingerprint density at radius 2 is 1.74 bits per heavy atom. The molecule has 0 spiro atoms. The molecule has 4 rings (SSSR count). The maximum absolute atomic E-state index is 4.73. The Morgan fingerprint density at radius 1 is 0.913 bits per heavy atom. The summed E-state index contributed by atoms with van der Waals surface area (Å²) in [7, 11) is 0. The number of benzene rings is 2. The Bertz CT molecular complexity index is 1030. The predicted molar refractivity (Wildman–Crippen MR) is 92.2 cm³/mol. The molecule has 1 N–H and O–H groups in total. The molecule has 0 aliphatic heterocycles. The van der Waals surface area contributed by atoms with Crippen LogP contribution in [0.25, 0.3) is 16.7 Å². The molecule has 0 atom stereocenters. The molecule has 0 fully saturated rings. The topological polar surface area (TPSA) is 55.1 Å². The fourth-order valence-electron chi connectivity index (χ4n) is 2.76. The first-order valence-corrected chi connectivity index (χ1v) is 7.58. The normalized spacial score (nSPS) is 11.3. The minimum absolute atomic E-state index is 0.715. The molecule has 2 heterocycles. The monoisotopic (exact) mass is 303 g/mol. The summed E-state index contributed by atoms with van der Waals surface area (Å²) in [4.78, 5) is 4.73. The van der Waals surface area contributed by atoms with E-state index >= 15 is 0 Å². The Hall–Kier alpha value is -2.95. The van der Waals surface area contributed by atoms with E-state index in [0.717, 1.165) is 28.2 Å². The largest absolute Gasteiger partial charge is 0.337 e. The number of hydrogen-bond donors (Lipinski definition) is 1. The van der Waals surface area contributed by atoms with E-state index in [1.807, 2.05) is 35.6 Å². The van der Waals surface area contributed by atoms with Crippen molar-refractivity contribution in [1.82, 2.24) is 19.6 Å². The summed E-state index contributed by atoms with van der Waals surface area (Å²) in [6.45, 7) is 6.16. The van der Waals surface area contributed by atoms with Gasteiger partial charge in [0, 0.05) is 5.69 Å². The lowest BCUT2D eigenvalue weighted by molar-refractivity contribution is 1.02. The van der Waals surface area contributed by atoms with Crippen molar-refractivity contribution in [2.75, 3.05) is 5.32 Å². The lowest BCUT2D eigenvalue weighted by Crippen LogP contribution is -2.01. The third-order valence-corrected chi connectivity index (χ3v) is 4.16. The first kappa shape index (κ1) is 13.7. The van der Waals surface area contributed by atoms with Gasteiger partial charge in [0.1, 0.15) is 5.82 Å². The maximum atomic E-state index is 4.73. The average Bonchev–Trinajstić information content (AvgIpc) is 2.94. The lowest BCUT2D eigenvalue weighted by atomic mass is 10.1. The number of nitrogens with one attached hydrogen (secondary N) is 1. The molecule has 0 unspecified atom stereocenters. The number of aryl methyl sites for hydroxylation is 3. The van der Waals surface area contributed by atoms with Crippen LogP contribution in [0.15, 0.2) is 42.5 Å². The molecule has 114 valence electrons. The number of aromatic nitrogens is 4. The van der Waals surface area contributed by atoms with Crippen LogP contribution in [0.1, 0.15) is 17.0 Å². The Morgan fingerprint density at radius 3 is 2.57 bits per heavy atom. The van der Waals surface area contributed by atoms with Gasteiger partial charge in [-0.1, -0.05) is 18.2 Å². The van der Waals surface area contributed by atoms with E-state index in [-0.39, 0.29) is 0 Å². The summed E-state index contributed by atoms with van der Waals surface area (Å²) >= 11 is 0. The van der Waals surface area contributed by atoms with Crippen molar-refractivity contribution in [3.8, 4) is 0 Å². The minimum Gasteiger partial charge on any atom is -0.337 e. The van der Waals surface area contributed by atoms with Crippen molar-refractivity contribution in [1.29, 1.82) is 0 Å². The highest BCUT2D eigenvalue weighted by molar-refractivity contribution is 5.84. The quantitative estimate of drug-likeness (QED) is 0.609. The van der Waals surface area contributed by atoms with Gasteiger partial charge in [0.05, 0.1) is 11.0 Å². The van der Waals surface area contributed by atoms with Crippen LogP contribution in [0.3, 0.4) is 0 Å². The van der Waals surface area contributed by atoms with Crippen LogP contribution in [0.2, 0.25) is 0 Å². The summed E-state index contributed by atoms with van der Waals surface area (Å²) in [5, 5.41) is 11.9. The van der Waals surface area contributed by atoms with Crippen molar-refractivity contribution in [3.05, 3.63) is 59.4 Å². The highest BCUT2D eigenvalue weighted by Crippen LogP contribution is 2.25. The molecule has 0 saturated heterocycles. The van der Waals surface area contributed by atoms with Crippen LogP contribution in [0, 0.1) is 20.8 Å². The smallest absolute Gasteiger partial charge is 0.204 e. The van der Waals surface area contributed by atoms with Crippen LogP contribution in [-0.4, -0.2) is 19.6 Å². The Kier molecular flexibility index (Phi) is 3.01. The molecule has 2 aromatic carbocycles. The summed E-state index contributed by atoms with van der Waals surface area (Å²) in [6.07, 6.45) is 0. The predicted octanol–water partition coefficient (Wildman–Crippen LogP) is 3.95. The molecular formula is C18H17N5. The molecule has 2 aromatic heterocycles. The van der Waals surface area contributed by atoms with Gasteiger partial charge >= 0.3 is 0 Å². The fourth-order valence-corrected chi connectivity index (χ4v) is 2.76. The third kappa shape index (κ3) is 2.21. The van der Waals surface area contributed by atoms with Gasteiger partial charge in [-0.25, -0.2) is 4.98 Å². The molecule has 0 amide bonds. The molecule has 5 heteroatoms. The Balaban J connectivity index is 1.93. The third-order valence-electron chi connectivity index (χ3n) is 4.16. The molecular weight excluding hydrogens is 286 g/mol. The zero-order valence-electron chi connectivity index (χ0n) is 13.3. The van der Waals surface area contributed by atoms with Crippen molar-refractivity contribution in [2.45, 2.75) is 20.8 Å². The van der Waals surface area contributed by atoms with Gasteiger partial charge in [-0.05, 0) is 56.2 Å². The number of nitrogens with zero attached hydrogens (tertiary/aromatic N) is 4. The van der Waals surface area contributed by atoms with Crippen molar-refractivity contribution >= 4 is 28.2 Å². The number of para-hydroxylation sites is 2. The molecule has 0 aliphatic rings. The number of anilines is 2. The lowest BCUT2D eigenvalue weighted by Gasteiger charge is -2.11. The highest BCUT2D eigenvalue weighted by Gasteiger charge is 2.13. The number of rotatable bonds is 2. The highest BCUT2D eigenvalue weighted by atomic mass is 15.3. The molecule has 0 aliphatic carbocycles. The number of fused-ring (bicyclic) bond motifs is 3. The van der Waals surface area contributed by atoms with Crippen LogP contribution in [-0.2, 0) is 0 Å². The molecule has 0 bridgehead atoms. The molecule has 5 nitrogen and oxygen atoms in total. The van der Waals surface area contributed by atoms with E-state index < -0.39 is 0 Å². The zero-order chi connectivity index (χ0) is 16.0. The molecule has 0 radical (unpaired) electrons. The summed E-state index contributed by atoms with van der Waals surface area (Å²) in [5.41, 5.74) is 6.16.